The Kier molecular flexibility index (Phi) is 3.28. The normalized spacial score (nSPS) is 17.2. The van der Waals surface area contributed by atoms with Crippen LogP contribution in [-0.4, -0.2) is 16.2 Å². The third-order valence-electron chi connectivity index (χ3n) is 2.98. The SMILES string of the molecule is CC(=O)c1c(C)nsc1NC(C)CC1CC1. The van der Waals surface area contributed by atoms with Crippen LogP contribution in [0.4, 0.5) is 5.00 Å². The number of anilines is 1. The van der Waals surface area contributed by atoms with Gasteiger partial charge in [0.25, 0.3) is 0 Å². The number of hydrogen-bond acceptors (Lipinski definition) is 4. The standard InChI is InChI=1S/C12H18N2OS/c1-7(6-10-4-5-10)13-12-11(9(3)15)8(2)14-16-12/h7,10,13H,4-6H2,1-3H3. The van der Waals surface area contributed by atoms with Crippen LogP contribution in [0.1, 0.15) is 49.2 Å². The summed E-state index contributed by atoms with van der Waals surface area (Å²) < 4.78 is 4.24. The molecule has 1 aromatic rings. The fraction of sp³-hybridized carbons (Fsp3) is 0.667. The Bertz CT molecular complexity index is 396. The minimum Gasteiger partial charge on any atom is -0.373 e. The average molecular weight is 238 g/mol. The Morgan fingerprint density at radius 3 is 2.88 bits per heavy atom. The van der Waals surface area contributed by atoms with Crippen LogP contribution in [0.3, 0.4) is 0 Å². The van der Waals surface area contributed by atoms with Gasteiger partial charge in [0.2, 0.25) is 0 Å². The van der Waals surface area contributed by atoms with E-state index in [9.17, 15) is 4.79 Å². The van der Waals surface area contributed by atoms with Crippen molar-refractivity contribution in [2.24, 2.45) is 5.92 Å². The largest absolute Gasteiger partial charge is 0.373 e. The van der Waals surface area contributed by atoms with Crippen molar-refractivity contribution in [1.82, 2.24) is 4.37 Å². The topological polar surface area (TPSA) is 42.0 Å². The lowest BCUT2D eigenvalue weighted by atomic mass is 10.1. The van der Waals surface area contributed by atoms with Gasteiger partial charge < -0.3 is 5.32 Å². The van der Waals surface area contributed by atoms with Crippen LogP contribution in [0.15, 0.2) is 0 Å². The minimum absolute atomic E-state index is 0.104. The van der Waals surface area contributed by atoms with Gasteiger partial charge in [-0.1, -0.05) is 12.8 Å². The van der Waals surface area contributed by atoms with Crippen LogP contribution in [0.2, 0.25) is 0 Å². The van der Waals surface area contributed by atoms with E-state index in [1.54, 1.807) is 6.92 Å². The van der Waals surface area contributed by atoms with Crippen molar-refractivity contribution in [2.45, 2.75) is 46.1 Å². The second kappa shape index (κ2) is 4.53. The predicted molar refractivity (Wildman–Crippen MR) is 67.3 cm³/mol. The lowest BCUT2D eigenvalue weighted by Gasteiger charge is -2.13. The maximum Gasteiger partial charge on any atom is 0.164 e. The molecule has 0 bridgehead atoms. The average Bonchev–Trinajstić information content (AvgIpc) is 2.90. The van der Waals surface area contributed by atoms with Crippen LogP contribution in [0, 0.1) is 12.8 Å². The smallest absolute Gasteiger partial charge is 0.164 e. The molecule has 1 fully saturated rings. The summed E-state index contributed by atoms with van der Waals surface area (Å²) in [7, 11) is 0. The molecule has 1 aliphatic rings. The van der Waals surface area contributed by atoms with Crippen molar-refractivity contribution in [3.05, 3.63) is 11.3 Å². The van der Waals surface area contributed by atoms with Crippen LogP contribution in [-0.2, 0) is 0 Å². The number of carbonyl (C=O) groups is 1. The zero-order valence-electron chi connectivity index (χ0n) is 10.0. The van der Waals surface area contributed by atoms with Gasteiger partial charge in [0.05, 0.1) is 11.3 Å². The fourth-order valence-electron chi connectivity index (χ4n) is 2.02. The van der Waals surface area contributed by atoms with Gasteiger partial charge in [-0.25, -0.2) is 0 Å². The summed E-state index contributed by atoms with van der Waals surface area (Å²) in [5.41, 5.74) is 1.62. The second-order valence-corrected chi connectivity index (χ2v) is 5.53. The molecule has 1 unspecified atom stereocenters. The van der Waals surface area contributed by atoms with Crippen LogP contribution in [0.25, 0.3) is 0 Å². The number of Topliss-reactive ketones (excluding diaryl/α,β-unsaturated/α-hetero) is 1. The van der Waals surface area contributed by atoms with E-state index in [4.69, 9.17) is 0 Å². The molecule has 0 amide bonds. The summed E-state index contributed by atoms with van der Waals surface area (Å²) in [6, 6.07) is 0.436. The summed E-state index contributed by atoms with van der Waals surface area (Å²) in [6.45, 7) is 5.68. The molecule has 0 aromatic carbocycles. The lowest BCUT2D eigenvalue weighted by Crippen LogP contribution is -2.16. The Balaban J connectivity index is 2.04. The molecule has 4 heteroatoms. The molecule has 1 atom stereocenters. The zero-order valence-corrected chi connectivity index (χ0v) is 10.9. The maximum atomic E-state index is 11.5. The molecule has 1 aromatic heterocycles. The van der Waals surface area contributed by atoms with Gasteiger partial charge in [0.15, 0.2) is 5.78 Å². The first kappa shape index (κ1) is 11.6. The van der Waals surface area contributed by atoms with E-state index in [2.05, 4.69) is 16.6 Å². The van der Waals surface area contributed by atoms with Crippen molar-refractivity contribution in [1.29, 1.82) is 0 Å². The molecule has 0 saturated heterocycles. The highest BCUT2D eigenvalue weighted by molar-refractivity contribution is 7.10. The zero-order chi connectivity index (χ0) is 11.7. The first-order valence-corrected chi connectivity index (χ1v) is 6.59. The van der Waals surface area contributed by atoms with Gasteiger partial charge in [0.1, 0.15) is 5.00 Å². The molecule has 3 nitrogen and oxygen atoms in total. The highest BCUT2D eigenvalue weighted by Gasteiger charge is 2.24. The number of carbonyl (C=O) groups excluding carboxylic acids is 1. The van der Waals surface area contributed by atoms with E-state index < -0.39 is 0 Å². The fourth-order valence-corrected chi connectivity index (χ4v) is 2.98. The van der Waals surface area contributed by atoms with Crippen LogP contribution < -0.4 is 5.32 Å². The quantitative estimate of drug-likeness (QED) is 0.801. The Hall–Kier alpha value is -0.900. The third kappa shape index (κ3) is 2.61. The summed E-state index contributed by atoms with van der Waals surface area (Å²) >= 11 is 1.40. The van der Waals surface area contributed by atoms with E-state index in [0.717, 1.165) is 22.2 Å². The van der Waals surface area contributed by atoms with E-state index in [1.807, 2.05) is 6.92 Å². The summed E-state index contributed by atoms with van der Waals surface area (Å²) in [5, 5.41) is 4.36. The molecule has 0 spiro atoms. The van der Waals surface area contributed by atoms with Crippen molar-refractivity contribution < 1.29 is 4.79 Å². The van der Waals surface area contributed by atoms with E-state index in [-0.39, 0.29) is 5.78 Å². The number of nitrogens with zero attached hydrogens (tertiary/aromatic N) is 1. The number of hydrogen-bond donors (Lipinski definition) is 1. The minimum atomic E-state index is 0.104. The molecule has 16 heavy (non-hydrogen) atoms. The van der Waals surface area contributed by atoms with Crippen LogP contribution >= 0.6 is 11.5 Å². The van der Waals surface area contributed by atoms with E-state index in [1.165, 1.54) is 30.8 Å². The first-order chi connectivity index (χ1) is 7.58. The maximum absolute atomic E-state index is 11.5. The molecular formula is C12H18N2OS. The molecule has 2 rings (SSSR count). The van der Waals surface area contributed by atoms with Crippen molar-refractivity contribution in [3.8, 4) is 0 Å². The molecule has 1 aliphatic carbocycles. The predicted octanol–water partition coefficient (Wildman–Crippen LogP) is 3.25. The summed E-state index contributed by atoms with van der Waals surface area (Å²) in [5.74, 6) is 1.00. The van der Waals surface area contributed by atoms with Gasteiger partial charge in [-0.15, -0.1) is 0 Å². The highest BCUT2D eigenvalue weighted by Crippen LogP contribution is 2.35. The Labute approximate surface area is 100 Å². The molecule has 1 saturated carbocycles. The van der Waals surface area contributed by atoms with Gasteiger partial charge in [0, 0.05) is 6.04 Å². The number of ketones is 1. The van der Waals surface area contributed by atoms with E-state index >= 15 is 0 Å². The second-order valence-electron chi connectivity index (χ2n) is 4.75. The van der Waals surface area contributed by atoms with E-state index in [0.29, 0.717) is 6.04 Å². The highest BCUT2D eigenvalue weighted by atomic mass is 32.1. The van der Waals surface area contributed by atoms with Gasteiger partial charge in [-0.05, 0) is 44.6 Å². The van der Waals surface area contributed by atoms with Gasteiger partial charge >= 0.3 is 0 Å². The van der Waals surface area contributed by atoms with Crippen molar-refractivity contribution >= 4 is 22.3 Å². The Morgan fingerprint density at radius 1 is 1.62 bits per heavy atom. The number of aryl methyl sites for hydroxylation is 1. The molecule has 1 N–H and O–H groups in total. The summed E-state index contributed by atoms with van der Waals surface area (Å²) in [6.07, 6.45) is 3.94. The molecule has 0 radical (unpaired) electrons. The number of aromatic nitrogens is 1. The van der Waals surface area contributed by atoms with Gasteiger partial charge in [-0.3, -0.25) is 4.79 Å². The monoisotopic (exact) mass is 238 g/mol. The van der Waals surface area contributed by atoms with Crippen molar-refractivity contribution in [3.63, 3.8) is 0 Å². The van der Waals surface area contributed by atoms with Crippen molar-refractivity contribution in [2.75, 3.05) is 5.32 Å². The van der Waals surface area contributed by atoms with Gasteiger partial charge in [-0.2, -0.15) is 4.37 Å². The first-order valence-electron chi connectivity index (χ1n) is 5.81. The number of rotatable bonds is 5. The Morgan fingerprint density at radius 2 is 2.31 bits per heavy atom. The lowest BCUT2D eigenvalue weighted by molar-refractivity contribution is 0.101. The summed E-state index contributed by atoms with van der Waals surface area (Å²) in [4.78, 5) is 11.5. The molecule has 0 aliphatic heterocycles. The molecule has 1 heterocycles. The molecule has 88 valence electrons. The molecular weight excluding hydrogens is 220 g/mol. The third-order valence-corrected chi connectivity index (χ3v) is 3.85. The van der Waals surface area contributed by atoms with Crippen LogP contribution in [0.5, 0.6) is 0 Å². The number of nitrogens with one attached hydrogen (secondary N) is 1.